The van der Waals surface area contributed by atoms with Crippen molar-refractivity contribution in [3.05, 3.63) is 22.7 Å². The van der Waals surface area contributed by atoms with Gasteiger partial charge in [0.2, 0.25) is 0 Å². The summed E-state index contributed by atoms with van der Waals surface area (Å²) in [7, 11) is 0. The maximum Gasteiger partial charge on any atom is 0.255 e. The Morgan fingerprint density at radius 1 is 1.23 bits per heavy atom. The van der Waals surface area contributed by atoms with Gasteiger partial charge in [-0.25, -0.2) is 0 Å². The first-order chi connectivity index (χ1) is 14.6. The quantitative estimate of drug-likeness (QED) is 0.429. The summed E-state index contributed by atoms with van der Waals surface area (Å²) in [6.07, 6.45) is 6.05. The fraction of sp³-hybridized carbons (Fsp3) is 0.682. The number of rotatable bonds is 10. The van der Waals surface area contributed by atoms with Crippen LogP contribution in [0.5, 0.6) is 5.75 Å². The third-order valence-electron chi connectivity index (χ3n) is 5.62. The molecular weight excluding hydrogens is 406 g/mol. The second kappa shape index (κ2) is 11.7. The lowest BCUT2D eigenvalue weighted by Crippen LogP contribution is -2.46. The van der Waals surface area contributed by atoms with E-state index in [0.29, 0.717) is 41.8 Å². The van der Waals surface area contributed by atoms with Crippen LogP contribution >= 0.6 is 11.6 Å². The van der Waals surface area contributed by atoms with Gasteiger partial charge in [-0.15, -0.1) is 0 Å². The molecule has 2 aliphatic heterocycles. The topological polar surface area (TPSA) is 86.0 Å². The number of likely N-dealkylation sites (tertiary alicyclic amines) is 1. The molecule has 0 aliphatic carbocycles. The summed E-state index contributed by atoms with van der Waals surface area (Å²) in [6, 6.07) is 3.38. The van der Waals surface area contributed by atoms with E-state index < -0.39 is 0 Å². The Hall–Kier alpha value is -1.54. The largest absolute Gasteiger partial charge is 0.493 e. The first-order valence-electron chi connectivity index (χ1n) is 11.0. The number of nitrogens with one attached hydrogen (secondary N) is 1. The molecule has 3 rings (SSSR count). The van der Waals surface area contributed by atoms with Crippen LogP contribution < -0.4 is 15.8 Å². The molecule has 2 saturated heterocycles. The average Bonchev–Trinajstić information content (AvgIpc) is 3.24. The summed E-state index contributed by atoms with van der Waals surface area (Å²) in [5, 5.41) is 3.51. The summed E-state index contributed by atoms with van der Waals surface area (Å²) >= 11 is 6.18. The molecule has 0 unspecified atom stereocenters. The van der Waals surface area contributed by atoms with E-state index in [4.69, 9.17) is 31.5 Å². The predicted octanol–water partition coefficient (Wildman–Crippen LogP) is 3.45. The van der Waals surface area contributed by atoms with Crippen LogP contribution in [-0.2, 0) is 9.47 Å². The van der Waals surface area contributed by atoms with E-state index in [9.17, 15) is 4.79 Å². The minimum atomic E-state index is -0.165. The molecule has 0 saturated carbocycles. The highest BCUT2D eigenvalue weighted by Crippen LogP contribution is 2.29. The zero-order chi connectivity index (χ0) is 21.3. The molecular formula is C22H34ClN3O4. The van der Waals surface area contributed by atoms with E-state index in [1.807, 2.05) is 0 Å². The Labute approximate surface area is 184 Å². The highest BCUT2D eigenvalue weighted by molar-refractivity contribution is 6.33. The fourth-order valence-corrected chi connectivity index (χ4v) is 3.99. The zero-order valence-electron chi connectivity index (χ0n) is 17.8. The molecule has 1 aromatic rings. The number of nitrogens with two attached hydrogens (primary N) is 1. The van der Waals surface area contributed by atoms with Gasteiger partial charge in [0.15, 0.2) is 6.29 Å². The van der Waals surface area contributed by atoms with E-state index >= 15 is 0 Å². The number of carbonyl (C=O) groups is 1. The second-order valence-electron chi connectivity index (χ2n) is 8.00. The molecule has 30 heavy (non-hydrogen) atoms. The number of piperidine rings is 1. The number of hydrogen-bond acceptors (Lipinski definition) is 6. The molecule has 7 nitrogen and oxygen atoms in total. The number of nitrogen functional groups attached to an aromatic ring is 1. The zero-order valence-corrected chi connectivity index (χ0v) is 18.6. The number of ether oxygens (including phenoxy) is 3. The first-order valence-corrected chi connectivity index (χ1v) is 11.4. The molecule has 8 heteroatoms. The van der Waals surface area contributed by atoms with Gasteiger partial charge in [-0.2, -0.15) is 0 Å². The van der Waals surface area contributed by atoms with E-state index in [0.717, 1.165) is 45.3 Å². The Bertz CT molecular complexity index is 689. The highest BCUT2D eigenvalue weighted by atomic mass is 35.5. The van der Waals surface area contributed by atoms with E-state index in [1.165, 1.54) is 12.8 Å². The van der Waals surface area contributed by atoms with Crippen LogP contribution in [0.15, 0.2) is 12.1 Å². The molecule has 0 bridgehead atoms. The Morgan fingerprint density at radius 3 is 2.67 bits per heavy atom. The van der Waals surface area contributed by atoms with E-state index in [-0.39, 0.29) is 18.2 Å². The van der Waals surface area contributed by atoms with Crippen LogP contribution in [0.25, 0.3) is 0 Å². The van der Waals surface area contributed by atoms with Gasteiger partial charge in [0.05, 0.1) is 36.1 Å². The number of anilines is 1. The number of carbonyl (C=O) groups excluding carboxylic acids is 1. The van der Waals surface area contributed by atoms with Crippen LogP contribution in [-0.4, -0.2) is 62.6 Å². The predicted molar refractivity (Wildman–Crippen MR) is 118 cm³/mol. The Morgan fingerprint density at radius 2 is 1.97 bits per heavy atom. The van der Waals surface area contributed by atoms with Gasteiger partial charge >= 0.3 is 0 Å². The monoisotopic (exact) mass is 439 g/mol. The van der Waals surface area contributed by atoms with E-state index in [1.54, 1.807) is 12.1 Å². The lowest BCUT2D eigenvalue weighted by atomic mass is 10.0. The average molecular weight is 440 g/mol. The Balaban J connectivity index is 1.52. The van der Waals surface area contributed by atoms with Crippen molar-refractivity contribution in [3.8, 4) is 5.75 Å². The first kappa shape index (κ1) is 23.1. The number of benzene rings is 1. The van der Waals surface area contributed by atoms with Gasteiger partial charge in [0.1, 0.15) is 5.75 Å². The van der Waals surface area contributed by atoms with Gasteiger partial charge in [-0.3, -0.25) is 9.69 Å². The maximum absolute atomic E-state index is 12.9. The molecule has 1 aromatic carbocycles. The maximum atomic E-state index is 12.9. The number of hydrogen-bond donors (Lipinski definition) is 2. The summed E-state index contributed by atoms with van der Waals surface area (Å²) in [4.78, 5) is 15.3. The van der Waals surface area contributed by atoms with Crippen molar-refractivity contribution >= 4 is 23.2 Å². The number of nitrogens with zero attached hydrogens (tertiary/aromatic N) is 1. The summed E-state index contributed by atoms with van der Waals surface area (Å²) < 4.78 is 16.9. The van der Waals surface area contributed by atoms with Crippen molar-refractivity contribution in [1.82, 2.24) is 10.2 Å². The molecule has 168 valence electrons. The molecule has 2 aliphatic rings. The number of unbranched alkanes of at least 4 members (excludes halogenated alkanes) is 3. The van der Waals surface area contributed by atoms with Gasteiger partial charge in [0, 0.05) is 31.7 Å². The number of halogens is 1. The molecule has 2 fully saturated rings. The fourth-order valence-electron chi connectivity index (χ4n) is 3.82. The normalized spacial score (nSPS) is 18.6. The minimum absolute atomic E-state index is 0.118. The van der Waals surface area contributed by atoms with E-state index in [2.05, 4.69) is 17.1 Å². The van der Waals surface area contributed by atoms with Crippen molar-refractivity contribution < 1.29 is 19.0 Å². The molecule has 1 amide bonds. The van der Waals surface area contributed by atoms with Crippen molar-refractivity contribution in [2.75, 3.05) is 45.2 Å². The second-order valence-corrected chi connectivity index (χ2v) is 8.41. The highest BCUT2D eigenvalue weighted by Gasteiger charge is 2.26. The third kappa shape index (κ3) is 6.74. The standard InChI is InChI=1S/C22H34ClN3O4/c1-2-3-4-5-10-28-20-14-19(24)18(23)13-17(20)22(27)25-16-6-8-26(9-7-16)15-21-29-11-12-30-21/h13-14,16,21H,2-12,15,24H2,1H3,(H,25,27). The van der Waals surface area contributed by atoms with Crippen molar-refractivity contribution in [3.63, 3.8) is 0 Å². The van der Waals surface area contributed by atoms with Crippen molar-refractivity contribution in [1.29, 1.82) is 0 Å². The van der Waals surface area contributed by atoms with Gasteiger partial charge < -0.3 is 25.3 Å². The minimum Gasteiger partial charge on any atom is -0.493 e. The summed E-state index contributed by atoms with van der Waals surface area (Å²) in [6.45, 7) is 6.66. The molecule has 2 heterocycles. The Kier molecular flexibility index (Phi) is 9.05. The smallest absolute Gasteiger partial charge is 0.255 e. The molecule has 3 N–H and O–H groups in total. The van der Waals surface area contributed by atoms with Crippen LogP contribution in [0.2, 0.25) is 5.02 Å². The van der Waals surface area contributed by atoms with Gasteiger partial charge in [-0.1, -0.05) is 37.8 Å². The molecule has 0 spiro atoms. The third-order valence-corrected chi connectivity index (χ3v) is 5.95. The van der Waals surface area contributed by atoms with Crippen LogP contribution in [0, 0.1) is 0 Å². The SMILES string of the molecule is CCCCCCOc1cc(N)c(Cl)cc1C(=O)NC1CCN(CC2OCCO2)CC1. The summed E-state index contributed by atoms with van der Waals surface area (Å²) in [5.41, 5.74) is 6.80. The molecule has 0 radical (unpaired) electrons. The lowest BCUT2D eigenvalue weighted by Gasteiger charge is -2.33. The van der Waals surface area contributed by atoms with Crippen LogP contribution in [0.4, 0.5) is 5.69 Å². The summed E-state index contributed by atoms with van der Waals surface area (Å²) in [5.74, 6) is 0.334. The molecule has 0 atom stereocenters. The van der Waals surface area contributed by atoms with Crippen molar-refractivity contribution in [2.24, 2.45) is 0 Å². The van der Waals surface area contributed by atoms with Crippen LogP contribution in [0.1, 0.15) is 55.8 Å². The van der Waals surface area contributed by atoms with Gasteiger partial charge in [-0.05, 0) is 25.3 Å². The van der Waals surface area contributed by atoms with Gasteiger partial charge in [0.25, 0.3) is 5.91 Å². The lowest BCUT2D eigenvalue weighted by molar-refractivity contribution is -0.0650. The number of amides is 1. The molecule has 0 aromatic heterocycles. The van der Waals surface area contributed by atoms with Crippen LogP contribution in [0.3, 0.4) is 0 Å². The van der Waals surface area contributed by atoms with Crippen molar-refractivity contribution in [2.45, 2.75) is 57.8 Å².